The number of halogens is 1. The molecule has 1 aromatic carbocycles. The zero-order valence-electron chi connectivity index (χ0n) is 12.7. The van der Waals surface area contributed by atoms with Gasteiger partial charge in [-0.25, -0.2) is 4.39 Å². The van der Waals surface area contributed by atoms with Crippen molar-refractivity contribution in [1.82, 2.24) is 10.3 Å². The molecule has 4 heteroatoms. The highest BCUT2D eigenvalue weighted by Gasteiger charge is 2.07. The molecule has 0 bridgehead atoms. The Hall–Kier alpha value is -1.94. The van der Waals surface area contributed by atoms with Crippen LogP contribution < -0.4 is 10.1 Å². The Bertz CT molecular complexity index is 584. The molecule has 1 aromatic heterocycles. The summed E-state index contributed by atoms with van der Waals surface area (Å²) < 4.78 is 18.8. The van der Waals surface area contributed by atoms with Crippen LogP contribution in [0.5, 0.6) is 11.5 Å². The van der Waals surface area contributed by atoms with E-state index in [2.05, 4.69) is 24.1 Å². The van der Waals surface area contributed by atoms with Gasteiger partial charge in [-0.1, -0.05) is 6.92 Å². The predicted octanol–water partition coefficient (Wildman–Crippen LogP) is 4.38. The molecule has 21 heavy (non-hydrogen) atoms. The number of aryl methyl sites for hydroxylation is 1. The van der Waals surface area contributed by atoms with Crippen LogP contribution in [0.3, 0.4) is 0 Å². The van der Waals surface area contributed by atoms with Crippen molar-refractivity contribution in [1.29, 1.82) is 0 Å². The van der Waals surface area contributed by atoms with Gasteiger partial charge in [0, 0.05) is 6.04 Å². The van der Waals surface area contributed by atoms with Gasteiger partial charge in [0.15, 0.2) is 0 Å². The van der Waals surface area contributed by atoms with Crippen LogP contribution in [-0.4, -0.2) is 11.5 Å². The minimum atomic E-state index is -0.260. The van der Waals surface area contributed by atoms with E-state index in [4.69, 9.17) is 4.74 Å². The third kappa shape index (κ3) is 4.26. The Labute approximate surface area is 125 Å². The maximum atomic E-state index is 13.1. The molecule has 0 saturated carbocycles. The average Bonchev–Trinajstić information content (AvgIpc) is 2.48. The number of pyridine rings is 1. The summed E-state index contributed by atoms with van der Waals surface area (Å²) in [7, 11) is 0. The number of benzene rings is 1. The normalized spacial score (nSPS) is 12.2. The number of rotatable bonds is 6. The summed E-state index contributed by atoms with van der Waals surface area (Å²) in [6.07, 6.45) is 2.79. The summed E-state index contributed by atoms with van der Waals surface area (Å²) in [6.45, 7) is 7.00. The highest BCUT2D eigenvalue weighted by Crippen LogP contribution is 2.25. The van der Waals surface area contributed by atoms with Gasteiger partial charge < -0.3 is 10.1 Å². The van der Waals surface area contributed by atoms with E-state index in [-0.39, 0.29) is 11.9 Å². The third-order valence-corrected chi connectivity index (χ3v) is 3.27. The SMILES string of the molecule is CCCNC(C)c1ccc(Oc2ccc(F)cc2C)cn1. The number of hydrogen-bond donors (Lipinski definition) is 1. The van der Waals surface area contributed by atoms with Gasteiger partial charge in [0.25, 0.3) is 0 Å². The predicted molar refractivity (Wildman–Crippen MR) is 82.2 cm³/mol. The Balaban J connectivity index is 2.05. The summed E-state index contributed by atoms with van der Waals surface area (Å²) in [5, 5.41) is 3.39. The maximum Gasteiger partial charge on any atom is 0.145 e. The second-order valence-electron chi connectivity index (χ2n) is 5.11. The fraction of sp³-hybridized carbons (Fsp3) is 0.353. The van der Waals surface area contributed by atoms with Crippen molar-refractivity contribution in [2.75, 3.05) is 6.54 Å². The van der Waals surface area contributed by atoms with Crippen LogP contribution in [0.2, 0.25) is 0 Å². The number of hydrogen-bond acceptors (Lipinski definition) is 3. The van der Waals surface area contributed by atoms with Crippen molar-refractivity contribution in [2.24, 2.45) is 0 Å². The molecule has 2 rings (SSSR count). The summed E-state index contributed by atoms with van der Waals surface area (Å²) in [5.41, 5.74) is 1.74. The molecule has 1 unspecified atom stereocenters. The third-order valence-electron chi connectivity index (χ3n) is 3.27. The molecule has 1 N–H and O–H groups in total. The van der Waals surface area contributed by atoms with Crippen LogP contribution in [0.15, 0.2) is 36.5 Å². The topological polar surface area (TPSA) is 34.1 Å². The van der Waals surface area contributed by atoms with Crippen molar-refractivity contribution in [3.63, 3.8) is 0 Å². The van der Waals surface area contributed by atoms with Crippen LogP contribution in [0.1, 0.15) is 37.6 Å². The Morgan fingerprint density at radius 3 is 2.71 bits per heavy atom. The molecule has 112 valence electrons. The first-order valence-corrected chi connectivity index (χ1v) is 7.23. The van der Waals surface area contributed by atoms with Gasteiger partial charge >= 0.3 is 0 Å². The Morgan fingerprint density at radius 1 is 1.29 bits per heavy atom. The fourth-order valence-corrected chi connectivity index (χ4v) is 2.03. The standard InChI is InChI=1S/C17H21FN2O/c1-4-9-19-13(3)16-7-6-15(11-20-16)21-17-8-5-14(18)10-12(17)2/h5-8,10-11,13,19H,4,9H2,1-3H3. The van der Waals surface area contributed by atoms with E-state index in [0.717, 1.165) is 24.2 Å². The van der Waals surface area contributed by atoms with Gasteiger partial charge in [0.1, 0.15) is 17.3 Å². The second kappa shape index (κ2) is 7.18. The molecule has 2 aromatic rings. The van der Waals surface area contributed by atoms with E-state index in [0.29, 0.717) is 11.5 Å². The molecule has 0 spiro atoms. The van der Waals surface area contributed by atoms with E-state index >= 15 is 0 Å². The molecular formula is C17H21FN2O. The maximum absolute atomic E-state index is 13.1. The molecule has 0 aliphatic heterocycles. The van der Waals surface area contributed by atoms with Crippen molar-refractivity contribution in [3.8, 4) is 11.5 Å². The van der Waals surface area contributed by atoms with Crippen molar-refractivity contribution in [3.05, 3.63) is 53.6 Å². The minimum Gasteiger partial charge on any atom is -0.455 e. The monoisotopic (exact) mass is 288 g/mol. The average molecular weight is 288 g/mol. The first-order chi connectivity index (χ1) is 10.1. The summed E-state index contributed by atoms with van der Waals surface area (Å²) in [4.78, 5) is 4.41. The van der Waals surface area contributed by atoms with Crippen molar-refractivity contribution >= 4 is 0 Å². The zero-order valence-corrected chi connectivity index (χ0v) is 12.7. The van der Waals surface area contributed by atoms with Gasteiger partial charge in [0.05, 0.1) is 11.9 Å². The van der Waals surface area contributed by atoms with Crippen LogP contribution in [-0.2, 0) is 0 Å². The first-order valence-electron chi connectivity index (χ1n) is 7.23. The van der Waals surface area contributed by atoms with E-state index in [1.165, 1.54) is 12.1 Å². The number of nitrogens with zero attached hydrogens (tertiary/aromatic N) is 1. The van der Waals surface area contributed by atoms with Crippen LogP contribution in [0, 0.1) is 12.7 Å². The lowest BCUT2D eigenvalue weighted by Gasteiger charge is -2.13. The lowest BCUT2D eigenvalue weighted by molar-refractivity contribution is 0.472. The molecule has 0 fully saturated rings. The largest absolute Gasteiger partial charge is 0.455 e. The van der Waals surface area contributed by atoms with Crippen LogP contribution in [0.25, 0.3) is 0 Å². The quantitative estimate of drug-likeness (QED) is 0.856. The van der Waals surface area contributed by atoms with Crippen LogP contribution in [0.4, 0.5) is 4.39 Å². The van der Waals surface area contributed by atoms with Gasteiger partial charge in [-0.3, -0.25) is 4.98 Å². The minimum absolute atomic E-state index is 0.214. The molecule has 0 saturated heterocycles. The Morgan fingerprint density at radius 2 is 2.10 bits per heavy atom. The highest BCUT2D eigenvalue weighted by atomic mass is 19.1. The summed E-state index contributed by atoms with van der Waals surface area (Å²) in [6, 6.07) is 8.52. The zero-order chi connectivity index (χ0) is 15.2. The van der Waals surface area contributed by atoms with E-state index < -0.39 is 0 Å². The molecule has 0 aliphatic carbocycles. The number of nitrogens with one attached hydrogen (secondary N) is 1. The van der Waals surface area contributed by atoms with Gasteiger partial charge in [0.2, 0.25) is 0 Å². The summed E-state index contributed by atoms with van der Waals surface area (Å²) in [5.74, 6) is 1.03. The van der Waals surface area contributed by atoms with Crippen molar-refractivity contribution < 1.29 is 9.13 Å². The van der Waals surface area contributed by atoms with Gasteiger partial charge in [-0.15, -0.1) is 0 Å². The van der Waals surface area contributed by atoms with E-state index in [1.54, 1.807) is 12.3 Å². The molecule has 1 heterocycles. The fourth-order valence-electron chi connectivity index (χ4n) is 2.03. The lowest BCUT2D eigenvalue weighted by atomic mass is 10.2. The summed E-state index contributed by atoms with van der Waals surface area (Å²) >= 11 is 0. The van der Waals surface area contributed by atoms with Crippen LogP contribution >= 0.6 is 0 Å². The smallest absolute Gasteiger partial charge is 0.145 e. The van der Waals surface area contributed by atoms with E-state index in [1.807, 2.05) is 19.1 Å². The Kier molecular flexibility index (Phi) is 5.28. The molecule has 0 radical (unpaired) electrons. The number of ether oxygens (including phenoxy) is 1. The first kappa shape index (κ1) is 15.4. The molecule has 1 atom stereocenters. The van der Waals surface area contributed by atoms with Crippen molar-refractivity contribution in [2.45, 2.75) is 33.2 Å². The molecule has 0 amide bonds. The second-order valence-corrected chi connectivity index (χ2v) is 5.11. The van der Waals surface area contributed by atoms with Gasteiger partial charge in [-0.2, -0.15) is 0 Å². The number of aromatic nitrogens is 1. The van der Waals surface area contributed by atoms with E-state index in [9.17, 15) is 4.39 Å². The molecule has 3 nitrogen and oxygen atoms in total. The molecule has 0 aliphatic rings. The molecular weight excluding hydrogens is 267 g/mol. The highest BCUT2D eigenvalue weighted by molar-refractivity contribution is 5.36. The lowest BCUT2D eigenvalue weighted by Crippen LogP contribution is -2.20. The van der Waals surface area contributed by atoms with Gasteiger partial charge in [-0.05, 0) is 62.7 Å².